The first-order valence-electron chi connectivity index (χ1n) is 6.87. The van der Waals surface area contributed by atoms with E-state index in [4.69, 9.17) is 17.4 Å². The second-order valence-corrected chi connectivity index (χ2v) is 6.98. The average molecular weight is 303 g/mol. The molecule has 1 atom stereocenters. The van der Waals surface area contributed by atoms with E-state index in [9.17, 15) is 0 Å². The van der Waals surface area contributed by atoms with Crippen molar-refractivity contribution in [2.24, 2.45) is 12.9 Å². The second kappa shape index (κ2) is 6.97. The van der Waals surface area contributed by atoms with Gasteiger partial charge < -0.3 is 0 Å². The summed E-state index contributed by atoms with van der Waals surface area (Å²) in [4.78, 5) is 0. The van der Waals surface area contributed by atoms with Crippen LogP contribution in [0, 0.1) is 6.92 Å². The third-order valence-corrected chi connectivity index (χ3v) is 5.80. The van der Waals surface area contributed by atoms with Crippen molar-refractivity contribution in [3.63, 3.8) is 0 Å². The Morgan fingerprint density at radius 1 is 1.53 bits per heavy atom. The Kier molecular flexibility index (Phi) is 5.57. The number of aryl methyl sites for hydroxylation is 2. The third kappa shape index (κ3) is 3.88. The Bertz CT molecular complexity index is 415. The van der Waals surface area contributed by atoms with Crippen molar-refractivity contribution in [2.45, 2.75) is 50.3 Å². The van der Waals surface area contributed by atoms with Crippen molar-refractivity contribution < 1.29 is 0 Å². The Hall–Kier alpha value is -0.230. The summed E-state index contributed by atoms with van der Waals surface area (Å²) in [5, 5.41) is 5.89. The van der Waals surface area contributed by atoms with Gasteiger partial charge in [0.25, 0.3) is 0 Å². The topological polar surface area (TPSA) is 55.9 Å². The maximum absolute atomic E-state index is 6.27. The van der Waals surface area contributed by atoms with Crippen LogP contribution in [-0.4, -0.2) is 26.8 Å². The minimum atomic E-state index is 0.256. The van der Waals surface area contributed by atoms with E-state index in [1.54, 1.807) is 4.68 Å². The molecule has 1 aliphatic rings. The monoisotopic (exact) mass is 302 g/mol. The van der Waals surface area contributed by atoms with E-state index in [1.165, 1.54) is 25.7 Å². The molecule has 1 aliphatic carbocycles. The standard InChI is InChI=1S/C13H23ClN4S/c1-9-12(13(14)18(2)17-9)7-10(16-15)8-19-11-5-3-4-6-11/h10-11,16H,3-8,15H2,1-2H3. The molecule has 0 aromatic carbocycles. The molecule has 4 nitrogen and oxygen atoms in total. The van der Waals surface area contributed by atoms with Crippen LogP contribution in [0.3, 0.4) is 0 Å². The molecule has 1 saturated carbocycles. The fourth-order valence-corrected chi connectivity index (χ4v) is 4.26. The third-order valence-electron chi connectivity index (χ3n) is 3.79. The summed E-state index contributed by atoms with van der Waals surface area (Å²) in [7, 11) is 1.87. The van der Waals surface area contributed by atoms with Gasteiger partial charge in [-0.1, -0.05) is 24.4 Å². The molecule has 1 heterocycles. The van der Waals surface area contributed by atoms with Crippen LogP contribution in [0.1, 0.15) is 36.9 Å². The molecule has 0 radical (unpaired) electrons. The van der Waals surface area contributed by atoms with Crippen LogP contribution in [0.25, 0.3) is 0 Å². The predicted molar refractivity (Wildman–Crippen MR) is 82.5 cm³/mol. The zero-order chi connectivity index (χ0) is 13.8. The molecule has 6 heteroatoms. The molecule has 0 bridgehead atoms. The second-order valence-electron chi connectivity index (χ2n) is 5.29. The molecule has 1 aromatic rings. The van der Waals surface area contributed by atoms with E-state index in [0.29, 0.717) is 0 Å². The lowest BCUT2D eigenvalue weighted by atomic mass is 10.1. The van der Waals surface area contributed by atoms with Gasteiger partial charge in [-0.2, -0.15) is 16.9 Å². The molecular weight excluding hydrogens is 280 g/mol. The maximum atomic E-state index is 6.27. The summed E-state index contributed by atoms with van der Waals surface area (Å²) in [6, 6.07) is 0.256. The number of aromatic nitrogens is 2. The van der Waals surface area contributed by atoms with Crippen LogP contribution in [0.15, 0.2) is 0 Å². The first-order valence-corrected chi connectivity index (χ1v) is 8.30. The van der Waals surface area contributed by atoms with Gasteiger partial charge in [0.2, 0.25) is 0 Å². The van der Waals surface area contributed by atoms with Gasteiger partial charge in [-0.05, 0) is 26.2 Å². The Morgan fingerprint density at radius 3 is 2.74 bits per heavy atom. The minimum absolute atomic E-state index is 0.256. The lowest BCUT2D eigenvalue weighted by molar-refractivity contribution is 0.573. The normalized spacial score (nSPS) is 18.1. The van der Waals surface area contributed by atoms with Crippen molar-refractivity contribution in [1.29, 1.82) is 0 Å². The van der Waals surface area contributed by atoms with Gasteiger partial charge in [0.15, 0.2) is 0 Å². The maximum Gasteiger partial charge on any atom is 0.130 e. The summed E-state index contributed by atoms with van der Waals surface area (Å²) in [5.41, 5.74) is 5.03. The van der Waals surface area contributed by atoms with Crippen LogP contribution < -0.4 is 11.3 Å². The fraction of sp³-hybridized carbons (Fsp3) is 0.769. The molecule has 0 saturated heterocycles. The van der Waals surface area contributed by atoms with Crippen LogP contribution in [-0.2, 0) is 13.5 Å². The molecule has 2 rings (SSSR count). The highest BCUT2D eigenvalue weighted by atomic mass is 35.5. The van der Waals surface area contributed by atoms with Crippen molar-refractivity contribution >= 4 is 23.4 Å². The molecular formula is C13H23ClN4S. The highest BCUT2D eigenvalue weighted by Gasteiger charge is 2.20. The summed E-state index contributed by atoms with van der Waals surface area (Å²) < 4.78 is 1.73. The Labute approximate surface area is 124 Å². The lowest BCUT2D eigenvalue weighted by Crippen LogP contribution is -2.39. The molecule has 108 valence electrons. The smallest absolute Gasteiger partial charge is 0.130 e. The highest BCUT2D eigenvalue weighted by molar-refractivity contribution is 7.99. The van der Waals surface area contributed by atoms with Crippen LogP contribution in [0.2, 0.25) is 5.15 Å². The number of halogens is 1. The molecule has 1 aromatic heterocycles. The van der Waals surface area contributed by atoms with Crippen molar-refractivity contribution in [3.05, 3.63) is 16.4 Å². The molecule has 1 fully saturated rings. The quantitative estimate of drug-likeness (QED) is 0.626. The van der Waals surface area contributed by atoms with E-state index in [-0.39, 0.29) is 6.04 Å². The predicted octanol–water partition coefficient (Wildman–Crippen LogP) is 2.43. The van der Waals surface area contributed by atoms with Crippen molar-refractivity contribution in [2.75, 3.05) is 5.75 Å². The zero-order valence-electron chi connectivity index (χ0n) is 11.7. The summed E-state index contributed by atoms with van der Waals surface area (Å²) in [6.07, 6.45) is 6.32. The zero-order valence-corrected chi connectivity index (χ0v) is 13.2. The summed E-state index contributed by atoms with van der Waals surface area (Å²) in [6.45, 7) is 2.00. The SMILES string of the molecule is Cc1nn(C)c(Cl)c1CC(CSC1CCCC1)NN. The highest BCUT2D eigenvalue weighted by Crippen LogP contribution is 2.30. The number of thioether (sulfide) groups is 1. The van der Waals surface area contributed by atoms with E-state index in [0.717, 1.165) is 33.8 Å². The Balaban J connectivity index is 1.90. The summed E-state index contributed by atoms with van der Waals surface area (Å²) >= 11 is 8.31. The van der Waals surface area contributed by atoms with Gasteiger partial charge in [0.05, 0.1) is 5.69 Å². The van der Waals surface area contributed by atoms with Gasteiger partial charge in [-0.3, -0.25) is 16.0 Å². The van der Waals surface area contributed by atoms with Crippen LogP contribution >= 0.6 is 23.4 Å². The van der Waals surface area contributed by atoms with Gasteiger partial charge in [0.1, 0.15) is 5.15 Å². The molecule has 0 aliphatic heterocycles. The van der Waals surface area contributed by atoms with E-state index in [2.05, 4.69) is 10.5 Å². The molecule has 0 spiro atoms. The number of hydrazine groups is 1. The number of nitrogens with two attached hydrogens (primary N) is 1. The largest absolute Gasteiger partial charge is 0.271 e. The fourth-order valence-electron chi connectivity index (χ4n) is 2.63. The van der Waals surface area contributed by atoms with E-state index in [1.807, 2.05) is 25.7 Å². The molecule has 0 amide bonds. The molecule has 1 unspecified atom stereocenters. The molecule has 19 heavy (non-hydrogen) atoms. The van der Waals surface area contributed by atoms with Crippen LogP contribution in [0.4, 0.5) is 0 Å². The number of rotatable bonds is 6. The number of nitrogens with zero attached hydrogens (tertiary/aromatic N) is 2. The molecule has 3 N–H and O–H groups in total. The number of nitrogens with one attached hydrogen (secondary N) is 1. The average Bonchev–Trinajstić information content (AvgIpc) is 2.98. The number of hydrogen-bond acceptors (Lipinski definition) is 4. The first-order chi connectivity index (χ1) is 9.11. The van der Waals surface area contributed by atoms with Crippen molar-refractivity contribution in [1.82, 2.24) is 15.2 Å². The summed E-state index contributed by atoms with van der Waals surface area (Å²) in [5.74, 6) is 6.71. The van der Waals surface area contributed by atoms with Crippen molar-refractivity contribution in [3.8, 4) is 0 Å². The Morgan fingerprint density at radius 2 is 2.21 bits per heavy atom. The van der Waals surface area contributed by atoms with E-state index < -0.39 is 0 Å². The van der Waals surface area contributed by atoms with Gasteiger partial charge in [-0.15, -0.1) is 0 Å². The van der Waals surface area contributed by atoms with E-state index >= 15 is 0 Å². The van der Waals surface area contributed by atoms with Gasteiger partial charge in [-0.25, -0.2) is 0 Å². The van der Waals surface area contributed by atoms with Gasteiger partial charge >= 0.3 is 0 Å². The first kappa shape index (κ1) is 15.2. The minimum Gasteiger partial charge on any atom is -0.271 e. The van der Waals surface area contributed by atoms with Gasteiger partial charge in [0, 0.05) is 29.7 Å². The number of hydrogen-bond donors (Lipinski definition) is 2. The van der Waals surface area contributed by atoms with Crippen LogP contribution in [0.5, 0.6) is 0 Å². The lowest BCUT2D eigenvalue weighted by Gasteiger charge is -2.18.